The Morgan fingerprint density at radius 1 is 1.24 bits per heavy atom. The third kappa shape index (κ3) is 1.85. The molecule has 0 atom stereocenters. The van der Waals surface area contributed by atoms with Crippen molar-refractivity contribution in [2.45, 2.75) is 0 Å². The zero-order chi connectivity index (χ0) is 11.7. The molecule has 0 amide bonds. The Hall–Kier alpha value is -2.35. The maximum atomic E-state index is 5.65. The highest BCUT2D eigenvalue weighted by Gasteiger charge is 2.09. The average molecular weight is 245 g/mol. The number of nitrogens with two attached hydrogens (primary N) is 1. The van der Waals surface area contributed by atoms with Crippen molar-refractivity contribution in [3.8, 4) is 16.6 Å². The van der Waals surface area contributed by atoms with Crippen LogP contribution in [0.15, 0.2) is 30.2 Å². The molecule has 0 bridgehead atoms. The summed E-state index contributed by atoms with van der Waals surface area (Å²) >= 11 is 1.54. The molecular formula is C9H7N7S. The smallest absolute Gasteiger partial charge is 0.257 e. The fourth-order valence-electron chi connectivity index (χ4n) is 1.31. The molecule has 0 unspecified atom stereocenters. The van der Waals surface area contributed by atoms with Gasteiger partial charge >= 0.3 is 0 Å². The van der Waals surface area contributed by atoms with E-state index in [9.17, 15) is 0 Å². The molecule has 0 saturated carbocycles. The zero-order valence-corrected chi connectivity index (χ0v) is 9.37. The molecule has 0 spiro atoms. The molecular weight excluding hydrogens is 238 g/mol. The minimum atomic E-state index is 0.161. The van der Waals surface area contributed by atoms with Crippen molar-refractivity contribution in [2.24, 2.45) is 0 Å². The lowest BCUT2D eigenvalue weighted by molar-refractivity contribution is 0.800. The zero-order valence-electron chi connectivity index (χ0n) is 8.56. The van der Waals surface area contributed by atoms with Gasteiger partial charge in [0.1, 0.15) is 12.7 Å². The lowest BCUT2D eigenvalue weighted by atomic mass is 10.4. The summed E-state index contributed by atoms with van der Waals surface area (Å²) < 4.78 is 1.44. The quantitative estimate of drug-likeness (QED) is 0.716. The molecule has 0 aliphatic heterocycles. The second-order valence-electron chi connectivity index (χ2n) is 3.13. The van der Waals surface area contributed by atoms with Crippen LogP contribution in [-0.2, 0) is 0 Å². The third-order valence-electron chi connectivity index (χ3n) is 2.01. The minimum Gasteiger partial charge on any atom is -0.368 e. The van der Waals surface area contributed by atoms with Crippen molar-refractivity contribution in [2.75, 3.05) is 5.73 Å². The van der Waals surface area contributed by atoms with E-state index in [-0.39, 0.29) is 5.95 Å². The number of nitrogen functional groups attached to an aromatic ring is 1. The molecule has 84 valence electrons. The molecule has 0 radical (unpaired) electrons. The third-order valence-corrected chi connectivity index (χ3v) is 2.87. The molecule has 0 aliphatic carbocycles. The largest absolute Gasteiger partial charge is 0.368 e. The van der Waals surface area contributed by atoms with Gasteiger partial charge in [0.25, 0.3) is 5.95 Å². The first-order valence-electron chi connectivity index (χ1n) is 4.73. The SMILES string of the molecule is Nc1nc(-c2cccs2)nc(-n2cncn2)n1. The summed E-state index contributed by atoms with van der Waals surface area (Å²) in [6.07, 6.45) is 2.91. The lowest BCUT2D eigenvalue weighted by Gasteiger charge is -2.02. The molecule has 7 nitrogen and oxygen atoms in total. The lowest BCUT2D eigenvalue weighted by Crippen LogP contribution is -2.07. The first kappa shape index (κ1) is 9.85. The van der Waals surface area contributed by atoms with Crippen LogP contribution in [-0.4, -0.2) is 29.7 Å². The molecule has 3 heterocycles. The van der Waals surface area contributed by atoms with E-state index in [2.05, 4.69) is 25.0 Å². The van der Waals surface area contributed by atoms with E-state index in [1.54, 1.807) is 0 Å². The van der Waals surface area contributed by atoms with Gasteiger partial charge in [-0.05, 0) is 11.4 Å². The summed E-state index contributed by atoms with van der Waals surface area (Å²) in [6, 6.07) is 3.85. The number of hydrogen-bond acceptors (Lipinski definition) is 7. The first-order chi connectivity index (χ1) is 8.33. The number of aromatic nitrogens is 6. The minimum absolute atomic E-state index is 0.161. The fourth-order valence-corrected chi connectivity index (χ4v) is 1.97. The molecule has 8 heteroatoms. The van der Waals surface area contributed by atoms with E-state index in [0.29, 0.717) is 11.8 Å². The van der Waals surface area contributed by atoms with Crippen LogP contribution in [0.1, 0.15) is 0 Å². The number of thiophene rings is 1. The molecule has 0 saturated heterocycles. The van der Waals surface area contributed by atoms with Crippen LogP contribution in [0.4, 0.5) is 5.95 Å². The Morgan fingerprint density at radius 3 is 2.88 bits per heavy atom. The average Bonchev–Trinajstić information content (AvgIpc) is 3.02. The number of anilines is 1. The van der Waals surface area contributed by atoms with Gasteiger partial charge < -0.3 is 5.73 Å². The van der Waals surface area contributed by atoms with E-state index >= 15 is 0 Å². The van der Waals surface area contributed by atoms with Crippen molar-refractivity contribution in [3.05, 3.63) is 30.2 Å². The van der Waals surface area contributed by atoms with Gasteiger partial charge in [0.2, 0.25) is 5.95 Å². The number of rotatable bonds is 2. The van der Waals surface area contributed by atoms with Crippen LogP contribution in [0, 0.1) is 0 Å². The summed E-state index contributed by atoms with van der Waals surface area (Å²) in [5.41, 5.74) is 5.65. The first-order valence-corrected chi connectivity index (χ1v) is 5.61. The van der Waals surface area contributed by atoms with Crippen LogP contribution in [0.5, 0.6) is 0 Å². The molecule has 0 aromatic carbocycles. The predicted molar refractivity (Wildman–Crippen MR) is 62.5 cm³/mol. The highest BCUT2D eigenvalue weighted by molar-refractivity contribution is 7.13. The van der Waals surface area contributed by atoms with Crippen molar-refractivity contribution in [1.82, 2.24) is 29.7 Å². The van der Waals surface area contributed by atoms with E-state index in [1.165, 1.54) is 28.7 Å². The van der Waals surface area contributed by atoms with E-state index in [4.69, 9.17) is 5.73 Å². The van der Waals surface area contributed by atoms with Gasteiger partial charge in [0, 0.05) is 0 Å². The highest BCUT2D eigenvalue weighted by atomic mass is 32.1. The molecule has 0 aliphatic rings. The van der Waals surface area contributed by atoms with Gasteiger partial charge in [-0.1, -0.05) is 6.07 Å². The fraction of sp³-hybridized carbons (Fsp3) is 0. The van der Waals surface area contributed by atoms with Crippen LogP contribution >= 0.6 is 11.3 Å². The van der Waals surface area contributed by atoms with Gasteiger partial charge in [-0.25, -0.2) is 4.98 Å². The Kier molecular flexibility index (Phi) is 2.26. The summed E-state index contributed by atoms with van der Waals surface area (Å²) in [5, 5.41) is 5.90. The standard InChI is InChI=1S/C9H7N7S/c10-8-13-7(6-2-1-3-17-6)14-9(15-8)16-5-11-4-12-16/h1-5H,(H2,10,13,14,15). The van der Waals surface area contributed by atoms with Crippen molar-refractivity contribution >= 4 is 17.3 Å². The Labute approximate surface area is 100 Å². The van der Waals surface area contributed by atoms with Crippen LogP contribution in [0.25, 0.3) is 16.6 Å². The van der Waals surface area contributed by atoms with Gasteiger partial charge in [-0.15, -0.1) is 11.3 Å². The Morgan fingerprint density at radius 2 is 2.18 bits per heavy atom. The van der Waals surface area contributed by atoms with Crippen molar-refractivity contribution in [1.29, 1.82) is 0 Å². The summed E-state index contributed by atoms with van der Waals surface area (Å²) in [4.78, 5) is 17.1. The molecule has 17 heavy (non-hydrogen) atoms. The highest BCUT2D eigenvalue weighted by Crippen LogP contribution is 2.21. The van der Waals surface area contributed by atoms with Gasteiger partial charge in [0.05, 0.1) is 4.88 Å². The summed E-state index contributed by atoms with van der Waals surface area (Å²) in [7, 11) is 0. The molecule has 2 N–H and O–H groups in total. The topological polar surface area (TPSA) is 95.4 Å². The van der Waals surface area contributed by atoms with E-state index in [0.717, 1.165) is 4.88 Å². The molecule has 3 aromatic heterocycles. The number of nitrogens with zero attached hydrogens (tertiary/aromatic N) is 6. The van der Waals surface area contributed by atoms with Crippen LogP contribution in [0.3, 0.4) is 0 Å². The monoisotopic (exact) mass is 245 g/mol. The second kappa shape index (κ2) is 3.91. The van der Waals surface area contributed by atoms with E-state index < -0.39 is 0 Å². The molecule has 3 aromatic rings. The maximum absolute atomic E-state index is 5.65. The molecule has 3 rings (SSSR count). The normalized spacial score (nSPS) is 10.6. The van der Waals surface area contributed by atoms with Gasteiger partial charge in [-0.2, -0.15) is 24.7 Å². The number of hydrogen-bond donors (Lipinski definition) is 1. The van der Waals surface area contributed by atoms with E-state index in [1.807, 2.05) is 17.5 Å². The Bertz CT molecular complexity index is 564. The maximum Gasteiger partial charge on any atom is 0.257 e. The van der Waals surface area contributed by atoms with Gasteiger partial charge in [-0.3, -0.25) is 0 Å². The van der Waals surface area contributed by atoms with Crippen molar-refractivity contribution in [3.63, 3.8) is 0 Å². The summed E-state index contributed by atoms with van der Waals surface area (Å²) in [5.74, 6) is 1.06. The second-order valence-corrected chi connectivity index (χ2v) is 4.08. The molecule has 0 fully saturated rings. The van der Waals surface area contributed by atoms with Crippen LogP contribution < -0.4 is 5.73 Å². The van der Waals surface area contributed by atoms with Gasteiger partial charge in [0.15, 0.2) is 5.82 Å². The predicted octanol–water partition coefficient (Wildman–Crippen LogP) is 0.763. The van der Waals surface area contributed by atoms with Crippen molar-refractivity contribution < 1.29 is 0 Å². The Balaban J connectivity index is 2.13. The summed E-state index contributed by atoms with van der Waals surface area (Å²) in [6.45, 7) is 0. The van der Waals surface area contributed by atoms with Crippen LogP contribution in [0.2, 0.25) is 0 Å².